The molecule has 0 aliphatic heterocycles. The van der Waals surface area contributed by atoms with Gasteiger partial charge in [0.2, 0.25) is 11.7 Å². The third-order valence-corrected chi connectivity index (χ3v) is 5.31. The average Bonchev–Trinajstić information content (AvgIpc) is 3.17. The van der Waals surface area contributed by atoms with E-state index >= 15 is 0 Å². The number of hydrogen-bond donors (Lipinski definition) is 0. The molecule has 29 heavy (non-hydrogen) atoms. The van der Waals surface area contributed by atoms with E-state index in [0.29, 0.717) is 17.4 Å². The lowest BCUT2D eigenvalue weighted by Crippen LogP contribution is -2.25. The first-order chi connectivity index (χ1) is 13.9. The molecule has 0 unspecified atom stereocenters. The first-order valence-corrected chi connectivity index (χ1v) is 10.7. The molecule has 0 bridgehead atoms. The van der Waals surface area contributed by atoms with Gasteiger partial charge in [0, 0.05) is 18.3 Å². The van der Waals surface area contributed by atoms with Crippen LogP contribution in [0.2, 0.25) is 0 Å². The van der Waals surface area contributed by atoms with E-state index < -0.39 is 5.60 Å². The van der Waals surface area contributed by atoms with Crippen molar-refractivity contribution in [1.29, 1.82) is 0 Å². The van der Waals surface area contributed by atoms with Crippen LogP contribution < -0.4 is 0 Å². The predicted octanol–water partition coefficient (Wildman–Crippen LogP) is 5.09. The molecule has 1 aliphatic carbocycles. The van der Waals surface area contributed by atoms with Gasteiger partial charge in [-0.25, -0.2) is 4.98 Å². The van der Waals surface area contributed by atoms with E-state index in [9.17, 15) is 4.79 Å². The molecule has 0 aromatic carbocycles. The highest BCUT2D eigenvalue weighted by Crippen LogP contribution is 2.32. The Morgan fingerprint density at radius 3 is 2.72 bits per heavy atom. The normalized spacial score (nSPS) is 16.5. The Balaban J connectivity index is 1.66. The van der Waals surface area contributed by atoms with Gasteiger partial charge in [-0.05, 0) is 33.1 Å². The van der Waals surface area contributed by atoms with Crippen LogP contribution in [0, 0.1) is 5.92 Å². The summed E-state index contributed by atoms with van der Waals surface area (Å²) in [7, 11) is 0. The van der Waals surface area contributed by atoms with E-state index in [0.717, 1.165) is 18.8 Å². The summed E-state index contributed by atoms with van der Waals surface area (Å²) < 4.78 is 11.0. The van der Waals surface area contributed by atoms with E-state index in [-0.39, 0.29) is 18.3 Å². The van der Waals surface area contributed by atoms with Crippen LogP contribution in [0.25, 0.3) is 11.5 Å². The summed E-state index contributed by atoms with van der Waals surface area (Å²) in [5.41, 5.74) is 0.0457. The third-order valence-electron chi connectivity index (χ3n) is 5.31. The quantitative estimate of drug-likeness (QED) is 0.570. The number of aromatic nitrogens is 4. The van der Waals surface area contributed by atoms with E-state index in [1.807, 2.05) is 20.8 Å². The van der Waals surface area contributed by atoms with Gasteiger partial charge in [-0.3, -0.25) is 9.78 Å². The molecule has 2 aromatic rings. The Hall–Kier alpha value is -2.31. The fourth-order valence-corrected chi connectivity index (χ4v) is 3.95. The largest absolute Gasteiger partial charge is 0.460 e. The second-order valence-electron chi connectivity index (χ2n) is 8.97. The first-order valence-electron chi connectivity index (χ1n) is 10.7. The number of esters is 1. The monoisotopic (exact) mass is 400 g/mol. The lowest BCUT2D eigenvalue weighted by Gasteiger charge is -2.23. The van der Waals surface area contributed by atoms with Crippen LogP contribution >= 0.6 is 0 Å². The zero-order valence-corrected chi connectivity index (χ0v) is 17.8. The molecule has 2 aromatic heterocycles. The minimum Gasteiger partial charge on any atom is -0.460 e. The van der Waals surface area contributed by atoms with E-state index in [4.69, 9.17) is 9.26 Å². The lowest BCUT2D eigenvalue weighted by atomic mass is 9.84. The van der Waals surface area contributed by atoms with Crippen LogP contribution in [0.1, 0.15) is 90.4 Å². The van der Waals surface area contributed by atoms with Gasteiger partial charge < -0.3 is 9.26 Å². The summed E-state index contributed by atoms with van der Waals surface area (Å²) >= 11 is 0. The summed E-state index contributed by atoms with van der Waals surface area (Å²) in [5, 5.41) is 4.05. The number of carbonyl (C=O) groups is 1. The van der Waals surface area contributed by atoms with Crippen molar-refractivity contribution in [1.82, 2.24) is 20.1 Å². The van der Waals surface area contributed by atoms with Crippen molar-refractivity contribution in [3.05, 3.63) is 24.5 Å². The van der Waals surface area contributed by atoms with Gasteiger partial charge in [-0.15, -0.1) is 0 Å². The third kappa shape index (κ3) is 6.91. The van der Waals surface area contributed by atoms with Crippen molar-refractivity contribution in [3.63, 3.8) is 0 Å². The highest BCUT2D eigenvalue weighted by atomic mass is 16.6. The van der Waals surface area contributed by atoms with Crippen molar-refractivity contribution in [3.8, 4) is 11.5 Å². The van der Waals surface area contributed by atoms with Crippen molar-refractivity contribution in [2.24, 2.45) is 5.92 Å². The van der Waals surface area contributed by atoms with Crippen LogP contribution in [0.5, 0.6) is 0 Å². The molecule has 3 rings (SSSR count). The van der Waals surface area contributed by atoms with Crippen molar-refractivity contribution < 1.29 is 14.1 Å². The molecule has 7 heteroatoms. The van der Waals surface area contributed by atoms with Crippen LogP contribution in [0.3, 0.4) is 0 Å². The summed E-state index contributed by atoms with van der Waals surface area (Å²) in [4.78, 5) is 25.2. The standard InChI is InChI=1S/C22H32N4O3/c1-22(2,3)28-19(27)14-17(11-7-10-16-8-5-4-6-9-16)21-25-20(26-29-21)18-15-23-12-13-24-18/h12-13,15-17H,4-11,14H2,1-3H3/t17-/m1/s1. The van der Waals surface area contributed by atoms with Gasteiger partial charge in [-0.1, -0.05) is 50.1 Å². The lowest BCUT2D eigenvalue weighted by molar-refractivity contribution is -0.155. The summed E-state index contributed by atoms with van der Waals surface area (Å²) in [6.07, 6.45) is 14.8. The molecule has 2 heterocycles. The van der Waals surface area contributed by atoms with Gasteiger partial charge in [0.15, 0.2) is 0 Å². The minimum atomic E-state index is -0.511. The molecule has 0 radical (unpaired) electrons. The number of rotatable bonds is 8. The summed E-state index contributed by atoms with van der Waals surface area (Å²) in [6.45, 7) is 5.63. The predicted molar refractivity (Wildman–Crippen MR) is 109 cm³/mol. The Kier molecular flexibility index (Phi) is 7.34. The smallest absolute Gasteiger partial charge is 0.307 e. The van der Waals surface area contributed by atoms with Crippen molar-refractivity contribution >= 4 is 5.97 Å². The van der Waals surface area contributed by atoms with E-state index in [2.05, 4.69) is 20.1 Å². The van der Waals surface area contributed by atoms with Gasteiger partial charge in [-0.2, -0.15) is 4.98 Å². The second-order valence-corrected chi connectivity index (χ2v) is 8.97. The molecule has 1 fully saturated rings. The van der Waals surface area contributed by atoms with Crippen molar-refractivity contribution in [2.45, 2.75) is 90.1 Å². The number of carbonyl (C=O) groups excluding carboxylic acids is 1. The number of hydrogen-bond acceptors (Lipinski definition) is 7. The minimum absolute atomic E-state index is 0.147. The van der Waals surface area contributed by atoms with Crippen LogP contribution in [0.15, 0.2) is 23.1 Å². The van der Waals surface area contributed by atoms with Crippen LogP contribution in [-0.2, 0) is 9.53 Å². The topological polar surface area (TPSA) is 91.0 Å². The first kappa shape index (κ1) is 21.4. The van der Waals surface area contributed by atoms with Gasteiger partial charge >= 0.3 is 5.97 Å². The highest BCUT2D eigenvalue weighted by Gasteiger charge is 2.26. The molecule has 158 valence electrons. The molecule has 7 nitrogen and oxygen atoms in total. The number of ether oxygens (including phenoxy) is 1. The zero-order valence-electron chi connectivity index (χ0n) is 17.8. The number of nitrogens with zero attached hydrogens (tertiary/aromatic N) is 4. The fraction of sp³-hybridized carbons (Fsp3) is 0.682. The highest BCUT2D eigenvalue weighted by molar-refractivity contribution is 5.70. The Bertz CT molecular complexity index is 764. The SMILES string of the molecule is CC(C)(C)OC(=O)C[C@@H](CCCC1CCCCC1)c1nc(-c2cnccn2)no1. The van der Waals surface area contributed by atoms with E-state index in [1.165, 1.54) is 38.5 Å². The molecular weight excluding hydrogens is 368 g/mol. The second kappa shape index (κ2) is 9.94. The molecule has 0 amide bonds. The Morgan fingerprint density at radius 2 is 2.03 bits per heavy atom. The molecule has 1 aliphatic rings. The van der Waals surface area contributed by atoms with E-state index in [1.54, 1.807) is 18.6 Å². The maximum atomic E-state index is 12.4. The maximum absolute atomic E-state index is 12.4. The molecule has 0 saturated heterocycles. The Labute approximate surface area is 172 Å². The van der Waals surface area contributed by atoms with Crippen molar-refractivity contribution in [2.75, 3.05) is 0 Å². The molecular formula is C22H32N4O3. The average molecular weight is 401 g/mol. The summed E-state index contributed by atoms with van der Waals surface area (Å²) in [5.74, 6) is 1.30. The van der Waals surface area contributed by atoms with Gasteiger partial charge in [0.1, 0.15) is 11.3 Å². The molecule has 0 N–H and O–H groups in total. The fourth-order valence-electron chi connectivity index (χ4n) is 3.95. The molecule has 1 atom stereocenters. The summed E-state index contributed by atoms with van der Waals surface area (Å²) in [6, 6.07) is 0. The zero-order chi connectivity index (χ0) is 20.7. The van der Waals surface area contributed by atoms with Crippen LogP contribution in [-0.4, -0.2) is 31.7 Å². The molecule has 1 saturated carbocycles. The molecule has 0 spiro atoms. The maximum Gasteiger partial charge on any atom is 0.307 e. The van der Waals surface area contributed by atoms with Gasteiger partial charge in [0.25, 0.3) is 0 Å². The van der Waals surface area contributed by atoms with Gasteiger partial charge in [0.05, 0.1) is 12.6 Å². The van der Waals surface area contributed by atoms with Crippen LogP contribution in [0.4, 0.5) is 0 Å². The Morgan fingerprint density at radius 1 is 1.24 bits per heavy atom.